The van der Waals surface area contributed by atoms with Crippen molar-refractivity contribution in [3.05, 3.63) is 15.1 Å². The first-order valence-corrected chi connectivity index (χ1v) is 8.51. The van der Waals surface area contributed by atoms with Gasteiger partial charge in [-0.25, -0.2) is 9.97 Å². The topological polar surface area (TPSA) is 37.8 Å². The molecule has 1 fully saturated rings. The van der Waals surface area contributed by atoms with E-state index in [1.54, 1.807) is 0 Å². The zero-order valence-corrected chi connectivity index (χ0v) is 14.3. The molecule has 0 spiro atoms. The molecular formula is C15H24IN3. The fourth-order valence-corrected chi connectivity index (χ4v) is 3.24. The van der Waals surface area contributed by atoms with E-state index < -0.39 is 0 Å². The van der Waals surface area contributed by atoms with Crippen molar-refractivity contribution in [3.8, 4) is 0 Å². The summed E-state index contributed by atoms with van der Waals surface area (Å²) < 4.78 is 1.17. The number of aryl methyl sites for hydroxylation is 1. The summed E-state index contributed by atoms with van der Waals surface area (Å²) >= 11 is 2.35. The van der Waals surface area contributed by atoms with Crippen LogP contribution in [0.3, 0.4) is 0 Å². The molecule has 1 saturated carbocycles. The molecule has 106 valence electrons. The van der Waals surface area contributed by atoms with Gasteiger partial charge in [0.25, 0.3) is 0 Å². The van der Waals surface area contributed by atoms with Gasteiger partial charge >= 0.3 is 0 Å². The minimum Gasteiger partial charge on any atom is -0.369 e. The Morgan fingerprint density at radius 3 is 2.68 bits per heavy atom. The molecule has 3 nitrogen and oxygen atoms in total. The van der Waals surface area contributed by atoms with E-state index in [1.165, 1.54) is 29.3 Å². The van der Waals surface area contributed by atoms with Crippen LogP contribution in [0.5, 0.6) is 0 Å². The Kier molecular flexibility index (Phi) is 5.42. The molecule has 1 aromatic rings. The lowest BCUT2D eigenvalue weighted by Crippen LogP contribution is -2.11. The van der Waals surface area contributed by atoms with Crippen molar-refractivity contribution in [2.24, 2.45) is 5.92 Å². The first kappa shape index (κ1) is 15.0. The van der Waals surface area contributed by atoms with Crippen molar-refractivity contribution in [2.75, 3.05) is 11.9 Å². The lowest BCUT2D eigenvalue weighted by atomic mass is 10.0. The highest BCUT2D eigenvalue weighted by molar-refractivity contribution is 14.1. The van der Waals surface area contributed by atoms with Crippen LogP contribution in [-0.4, -0.2) is 16.5 Å². The number of aromatic nitrogens is 2. The Labute approximate surface area is 130 Å². The van der Waals surface area contributed by atoms with E-state index in [9.17, 15) is 0 Å². The zero-order valence-electron chi connectivity index (χ0n) is 12.2. The van der Waals surface area contributed by atoms with E-state index in [4.69, 9.17) is 9.97 Å². The number of hydrogen-bond donors (Lipinski definition) is 1. The Morgan fingerprint density at radius 1 is 1.26 bits per heavy atom. The number of rotatable bonds is 5. The van der Waals surface area contributed by atoms with Crippen LogP contribution in [0, 0.1) is 16.4 Å². The third kappa shape index (κ3) is 3.58. The molecule has 1 N–H and O–H groups in total. The molecule has 1 heterocycles. The fraction of sp³-hybridized carbons (Fsp3) is 0.733. The van der Waals surface area contributed by atoms with Gasteiger partial charge in [0, 0.05) is 12.5 Å². The van der Waals surface area contributed by atoms with Crippen molar-refractivity contribution >= 4 is 28.4 Å². The third-order valence-corrected chi connectivity index (χ3v) is 5.35. The van der Waals surface area contributed by atoms with Gasteiger partial charge in [-0.2, -0.15) is 0 Å². The van der Waals surface area contributed by atoms with E-state index in [2.05, 4.69) is 48.7 Å². The molecule has 0 saturated heterocycles. The molecule has 1 aliphatic rings. The number of halogens is 1. The maximum Gasteiger partial charge on any atom is 0.143 e. The van der Waals surface area contributed by atoms with Gasteiger partial charge in [-0.3, -0.25) is 0 Å². The summed E-state index contributed by atoms with van der Waals surface area (Å²) in [5, 5.41) is 3.43. The molecule has 0 aromatic carbocycles. The second-order valence-electron chi connectivity index (χ2n) is 5.54. The summed E-state index contributed by atoms with van der Waals surface area (Å²) in [5.41, 5.74) is 1.11. The fourth-order valence-electron chi connectivity index (χ4n) is 2.80. The molecule has 0 bridgehead atoms. The van der Waals surface area contributed by atoms with Gasteiger partial charge in [-0.1, -0.05) is 20.3 Å². The minimum atomic E-state index is 0.572. The van der Waals surface area contributed by atoms with Gasteiger partial charge in [-0.15, -0.1) is 0 Å². The number of anilines is 1. The number of hydrogen-bond acceptors (Lipinski definition) is 3. The van der Waals surface area contributed by atoms with Gasteiger partial charge in [0.2, 0.25) is 0 Å². The van der Waals surface area contributed by atoms with Crippen LogP contribution in [0.15, 0.2) is 0 Å². The largest absolute Gasteiger partial charge is 0.369 e. The summed E-state index contributed by atoms with van der Waals surface area (Å²) in [6, 6.07) is 0. The highest BCUT2D eigenvalue weighted by atomic mass is 127. The Bertz CT molecular complexity index is 434. The average molecular weight is 373 g/mol. The van der Waals surface area contributed by atoms with Crippen LogP contribution < -0.4 is 5.32 Å². The van der Waals surface area contributed by atoms with Gasteiger partial charge in [-0.05, 0) is 61.1 Å². The molecule has 0 radical (unpaired) electrons. The molecule has 1 aliphatic carbocycles. The van der Waals surface area contributed by atoms with Crippen LogP contribution in [0.25, 0.3) is 0 Å². The van der Waals surface area contributed by atoms with E-state index in [1.807, 2.05) is 0 Å². The van der Waals surface area contributed by atoms with Crippen molar-refractivity contribution in [1.29, 1.82) is 0 Å². The predicted molar refractivity (Wildman–Crippen MR) is 88.6 cm³/mol. The van der Waals surface area contributed by atoms with Gasteiger partial charge in [0.05, 0.1) is 9.26 Å². The van der Waals surface area contributed by atoms with Crippen LogP contribution >= 0.6 is 22.6 Å². The Balaban J connectivity index is 2.19. The van der Waals surface area contributed by atoms with Crippen LogP contribution in [0.4, 0.5) is 5.82 Å². The minimum absolute atomic E-state index is 0.572. The number of nitrogens with one attached hydrogen (secondary N) is 1. The van der Waals surface area contributed by atoms with Crippen LogP contribution in [0.1, 0.15) is 63.4 Å². The molecule has 4 heteroatoms. The lowest BCUT2D eigenvalue weighted by Gasteiger charge is -2.14. The van der Waals surface area contributed by atoms with E-state index in [-0.39, 0.29) is 0 Å². The molecule has 2 atom stereocenters. The van der Waals surface area contributed by atoms with Crippen molar-refractivity contribution in [2.45, 2.75) is 58.8 Å². The standard InChI is InChI=1S/C15H24IN3/c1-4-8-17-15-13(16)10(3)18-14(19-15)12-7-6-11(5-2)9-12/h11-12H,4-9H2,1-3H3,(H,17,18,19). The van der Waals surface area contributed by atoms with Gasteiger partial charge in [0.1, 0.15) is 11.6 Å². The average Bonchev–Trinajstić information content (AvgIpc) is 2.89. The predicted octanol–water partition coefficient (Wildman–Crippen LogP) is 4.51. The van der Waals surface area contributed by atoms with E-state index in [0.717, 1.165) is 36.2 Å². The molecule has 2 rings (SSSR count). The Morgan fingerprint density at radius 2 is 2.05 bits per heavy atom. The maximum absolute atomic E-state index is 4.79. The second kappa shape index (κ2) is 6.86. The second-order valence-corrected chi connectivity index (χ2v) is 6.62. The smallest absolute Gasteiger partial charge is 0.143 e. The van der Waals surface area contributed by atoms with Gasteiger partial charge in [0.15, 0.2) is 0 Å². The van der Waals surface area contributed by atoms with E-state index in [0.29, 0.717) is 5.92 Å². The first-order chi connectivity index (χ1) is 9.15. The van der Waals surface area contributed by atoms with Crippen molar-refractivity contribution < 1.29 is 0 Å². The molecule has 0 amide bonds. The molecule has 0 aliphatic heterocycles. The van der Waals surface area contributed by atoms with Crippen LogP contribution in [-0.2, 0) is 0 Å². The zero-order chi connectivity index (χ0) is 13.8. The summed E-state index contributed by atoms with van der Waals surface area (Å²) in [6.45, 7) is 7.55. The molecule has 2 unspecified atom stereocenters. The normalized spacial score (nSPS) is 22.7. The van der Waals surface area contributed by atoms with Gasteiger partial charge < -0.3 is 5.32 Å². The summed E-state index contributed by atoms with van der Waals surface area (Å²) in [4.78, 5) is 9.53. The molecule has 1 aromatic heterocycles. The lowest BCUT2D eigenvalue weighted by molar-refractivity contribution is 0.516. The first-order valence-electron chi connectivity index (χ1n) is 7.43. The number of nitrogens with zero attached hydrogens (tertiary/aromatic N) is 2. The maximum atomic E-state index is 4.79. The highest BCUT2D eigenvalue weighted by Crippen LogP contribution is 2.39. The quantitative estimate of drug-likeness (QED) is 0.772. The molecule has 19 heavy (non-hydrogen) atoms. The third-order valence-electron chi connectivity index (χ3n) is 4.06. The Hall–Kier alpha value is -0.390. The highest BCUT2D eigenvalue weighted by Gasteiger charge is 2.27. The van der Waals surface area contributed by atoms with Crippen LogP contribution in [0.2, 0.25) is 0 Å². The van der Waals surface area contributed by atoms with Crippen molar-refractivity contribution in [1.82, 2.24) is 9.97 Å². The monoisotopic (exact) mass is 373 g/mol. The molecular weight excluding hydrogens is 349 g/mol. The SMILES string of the molecule is CCCNc1nc(C2CCC(CC)C2)nc(C)c1I. The van der Waals surface area contributed by atoms with Crippen molar-refractivity contribution in [3.63, 3.8) is 0 Å². The summed E-state index contributed by atoms with van der Waals surface area (Å²) in [5.74, 6) is 3.54. The summed E-state index contributed by atoms with van der Waals surface area (Å²) in [6.07, 6.45) is 6.28. The van der Waals surface area contributed by atoms with E-state index >= 15 is 0 Å². The summed E-state index contributed by atoms with van der Waals surface area (Å²) in [7, 11) is 0.